The van der Waals surface area contributed by atoms with Crippen molar-refractivity contribution in [1.82, 2.24) is 4.40 Å². The van der Waals surface area contributed by atoms with Crippen LogP contribution in [0.15, 0.2) is 85.2 Å². The van der Waals surface area contributed by atoms with Gasteiger partial charge in [-0.1, -0.05) is 67.6 Å². The zero-order valence-corrected chi connectivity index (χ0v) is 16.5. The van der Waals surface area contributed by atoms with Crippen molar-refractivity contribution in [2.75, 3.05) is 0 Å². The lowest BCUT2D eigenvalue weighted by atomic mass is 10.0. The van der Waals surface area contributed by atoms with Gasteiger partial charge in [-0.15, -0.1) is 0 Å². The van der Waals surface area contributed by atoms with Crippen LogP contribution in [0.1, 0.15) is 36.2 Å². The molecule has 29 heavy (non-hydrogen) atoms. The van der Waals surface area contributed by atoms with Gasteiger partial charge in [0.25, 0.3) is 0 Å². The number of hydrogen-bond donors (Lipinski definition) is 0. The van der Waals surface area contributed by atoms with E-state index in [1.807, 2.05) is 42.6 Å². The number of nitrogens with zero attached hydrogens (tertiary/aromatic N) is 3. The highest BCUT2D eigenvalue weighted by atomic mass is 16.5. The molecule has 2 aromatic heterocycles. The van der Waals surface area contributed by atoms with Gasteiger partial charge < -0.3 is 4.74 Å². The number of rotatable bonds is 7. The Bertz CT molecular complexity index is 1130. The predicted octanol–water partition coefficient (Wildman–Crippen LogP) is 4.87. The molecule has 2 heterocycles. The van der Waals surface area contributed by atoms with Crippen LogP contribution in [0.25, 0.3) is 5.65 Å². The van der Waals surface area contributed by atoms with E-state index in [4.69, 9.17) is 4.74 Å². The number of ether oxygens (including phenoxy) is 1. The highest BCUT2D eigenvalue weighted by Gasteiger charge is 2.27. The number of imidazole rings is 1. The summed E-state index contributed by atoms with van der Waals surface area (Å²) in [6.07, 6.45) is 5.38. The molecule has 1 atom stereocenters. The van der Waals surface area contributed by atoms with Gasteiger partial charge >= 0.3 is 5.65 Å². The molecule has 4 nitrogen and oxygen atoms in total. The van der Waals surface area contributed by atoms with Gasteiger partial charge in [-0.25, -0.2) is 4.57 Å². The minimum atomic E-state index is 0.167. The van der Waals surface area contributed by atoms with Gasteiger partial charge in [0.2, 0.25) is 5.75 Å². The van der Waals surface area contributed by atoms with E-state index in [9.17, 15) is 5.26 Å². The summed E-state index contributed by atoms with van der Waals surface area (Å²) in [5.41, 5.74) is 4.31. The third-order valence-corrected chi connectivity index (χ3v) is 5.18. The van der Waals surface area contributed by atoms with Crippen LogP contribution in [0, 0.1) is 11.3 Å². The molecule has 144 valence electrons. The number of hydrogen-bond acceptors (Lipinski definition) is 2. The van der Waals surface area contributed by atoms with Gasteiger partial charge in [0.15, 0.2) is 5.69 Å². The lowest BCUT2D eigenvalue weighted by Crippen LogP contribution is -2.39. The lowest BCUT2D eigenvalue weighted by molar-refractivity contribution is -0.689. The van der Waals surface area contributed by atoms with Crippen molar-refractivity contribution in [3.8, 4) is 11.8 Å². The Morgan fingerprint density at radius 2 is 1.72 bits per heavy atom. The maximum atomic E-state index is 9.32. The number of nitriles is 1. The molecule has 0 N–H and O–H groups in total. The Morgan fingerprint density at radius 3 is 2.41 bits per heavy atom. The maximum absolute atomic E-state index is 9.32. The number of benzene rings is 2. The van der Waals surface area contributed by atoms with E-state index >= 15 is 0 Å². The van der Waals surface area contributed by atoms with Crippen molar-refractivity contribution in [1.29, 1.82) is 5.26 Å². The highest BCUT2D eigenvalue weighted by molar-refractivity contribution is 5.50. The minimum absolute atomic E-state index is 0.167. The predicted molar refractivity (Wildman–Crippen MR) is 113 cm³/mol. The van der Waals surface area contributed by atoms with E-state index in [0.717, 1.165) is 29.1 Å². The molecule has 1 unspecified atom stereocenters. The summed E-state index contributed by atoms with van der Waals surface area (Å²) in [5.74, 6) is 0.815. The molecule has 0 amide bonds. The number of fused-ring (bicyclic) bond motifs is 1. The van der Waals surface area contributed by atoms with Gasteiger partial charge in [-0.3, -0.25) is 0 Å². The van der Waals surface area contributed by atoms with Crippen molar-refractivity contribution in [3.05, 3.63) is 102 Å². The largest absolute Gasteiger partial charge is 0.481 e. The second-order valence-electron chi connectivity index (χ2n) is 7.04. The van der Waals surface area contributed by atoms with E-state index in [1.165, 1.54) is 5.56 Å². The molecule has 0 fully saturated rings. The van der Waals surface area contributed by atoms with Crippen molar-refractivity contribution in [3.63, 3.8) is 0 Å². The van der Waals surface area contributed by atoms with E-state index < -0.39 is 0 Å². The van der Waals surface area contributed by atoms with E-state index in [0.29, 0.717) is 13.0 Å². The summed E-state index contributed by atoms with van der Waals surface area (Å²) in [4.78, 5) is 0. The first-order valence-electron chi connectivity index (χ1n) is 9.94. The van der Waals surface area contributed by atoms with Gasteiger partial charge in [-0.2, -0.15) is 9.66 Å². The van der Waals surface area contributed by atoms with Gasteiger partial charge in [0, 0.05) is 0 Å². The summed E-state index contributed by atoms with van der Waals surface area (Å²) in [6, 6.07) is 27.1. The Morgan fingerprint density at radius 1 is 1.00 bits per heavy atom. The molecule has 4 heteroatoms. The Kier molecular flexibility index (Phi) is 5.58. The van der Waals surface area contributed by atoms with Crippen molar-refractivity contribution in [2.24, 2.45) is 0 Å². The smallest absolute Gasteiger partial charge is 0.330 e. The summed E-state index contributed by atoms with van der Waals surface area (Å²) in [6.45, 7) is 2.69. The number of aromatic nitrogens is 2. The van der Waals surface area contributed by atoms with Crippen molar-refractivity contribution < 1.29 is 9.30 Å². The fourth-order valence-corrected chi connectivity index (χ4v) is 3.81. The van der Waals surface area contributed by atoms with Gasteiger partial charge in [-0.05, 0) is 29.7 Å². The first-order valence-corrected chi connectivity index (χ1v) is 9.94. The molecule has 0 bridgehead atoms. The van der Waals surface area contributed by atoms with Crippen LogP contribution in [0.5, 0.6) is 5.75 Å². The Balaban J connectivity index is 1.81. The molecule has 4 rings (SSSR count). The van der Waals surface area contributed by atoms with Gasteiger partial charge in [0.05, 0.1) is 12.3 Å². The summed E-state index contributed by atoms with van der Waals surface area (Å²) < 4.78 is 10.6. The minimum Gasteiger partial charge on any atom is -0.481 e. The second-order valence-corrected chi connectivity index (χ2v) is 7.04. The number of pyridine rings is 1. The van der Waals surface area contributed by atoms with E-state index in [-0.39, 0.29) is 6.04 Å². The lowest BCUT2D eigenvalue weighted by Gasteiger charge is -2.14. The fourth-order valence-electron chi connectivity index (χ4n) is 3.81. The standard InChI is InChI=1S/C25H24N3O/c1-2-23(21-12-7-4-8-13-21)28-18-22(15-16-26)27-17-9-14-24(25(27)28)29-19-20-10-5-3-6-11-20/h3-14,17-18,23H,2,15,19H2,1H3/q+1. The monoisotopic (exact) mass is 382 g/mol. The molecule has 0 saturated heterocycles. The van der Waals surface area contributed by atoms with Crippen molar-refractivity contribution >= 4 is 5.65 Å². The molecule has 4 aromatic rings. The van der Waals surface area contributed by atoms with E-state index in [1.54, 1.807) is 0 Å². The van der Waals surface area contributed by atoms with Gasteiger partial charge in [0.1, 0.15) is 25.3 Å². The molecule has 0 radical (unpaired) electrons. The Labute approximate surface area is 171 Å². The molecule has 0 spiro atoms. The third kappa shape index (κ3) is 3.86. The average molecular weight is 382 g/mol. The van der Waals surface area contributed by atoms with Crippen LogP contribution >= 0.6 is 0 Å². The molecule has 2 aromatic carbocycles. The molecular weight excluding hydrogens is 358 g/mol. The fraction of sp³-hybridized carbons (Fsp3) is 0.200. The van der Waals surface area contributed by atoms with Crippen LogP contribution in [0.4, 0.5) is 0 Å². The zero-order chi connectivity index (χ0) is 20.1. The molecule has 0 aliphatic carbocycles. The molecule has 0 aliphatic rings. The van der Waals surface area contributed by atoms with Crippen LogP contribution in [-0.4, -0.2) is 4.40 Å². The zero-order valence-electron chi connectivity index (χ0n) is 16.5. The van der Waals surface area contributed by atoms with Crippen LogP contribution < -0.4 is 9.30 Å². The summed E-state index contributed by atoms with van der Waals surface area (Å²) in [5, 5.41) is 9.32. The topological polar surface area (TPSA) is 41.3 Å². The van der Waals surface area contributed by atoms with Crippen LogP contribution in [0.2, 0.25) is 0 Å². The summed E-state index contributed by atoms with van der Waals surface area (Å²) >= 11 is 0. The van der Waals surface area contributed by atoms with Crippen LogP contribution in [-0.2, 0) is 13.0 Å². The molecule has 0 saturated carbocycles. The highest BCUT2D eigenvalue weighted by Crippen LogP contribution is 2.25. The average Bonchev–Trinajstić information content (AvgIpc) is 3.13. The SMILES string of the molecule is CCC(c1ccccc1)[n+]1cc(CC#N)n2cccc(OCc3ccccc3)c21. The third-order valence-electron chi connectivity index (χ3n) is 5.18. The first kappa shape index (κ1) is 18.8. The van der Waals surface area contributed by atoms with Crippen molar-refractivity contribution in [2.45, 2.75) is 32.4 Å². The maximum Gasteiger partial charge on any atom is 0.330 e. The quantitative estimate of drug-likeness (QED) is 0.428. The summed E-state index contributed by atoms with van der Waals surface area (Å²) in [7, 11) is 0. The van der Waals surface area contributed by atoms with Crippen LogP contribution in [0.3, 0.4) is 0 Å². The first-order chi connectivity index (χ1) is 14.3. The normalized spacial score (nSPS) is 11.9. The second kappa shape index (κ2) is 8.62. The molecule has 0 aliphatic heterocycles. The Hall–Kier alpha value is -3.58. The van der Waals surface area contributed by atoms with E-state index in [2.05, 4.69) is 64.6 Å². The molecular formula is C25H24N3O+.